The zero-order valence-electron chi connectivity index (χ0n) is 25.2. The molecule has 0 aliphatic carbocycles. The predicted molar refractivity (Wildman–Crippen MR) is 153 cm³/mol. The normalized spacial score (nSPS) is 12.3. The van der Waals surface area contributed by atoms with E-state index in [0.717, 1.165) is 0 Å². The quantitative estimate of drug-likeness (QED) is 0.0926. The number of allylic oxidation sites excluding steroid dienone is 2. The number of methoxy groups -OCH3 is 2. The first kappa shape index (κ1) is 39.3. The maximum absolute atomic E-state index is 12.4. The van der Waals surface area contributed by atoms with Crippen LogP contribution in [-0.4, -0.2) is 49.8 Å². The van der Waals surface area contributed by atoms with Gasteiger partial charge in [0.2, 0.25) is 0 Å². The molecule has 2 aromatic rings. The SMILES string of the molecule is COc1cc(/C=C/C(=O)CC(=O)/C=C/c2ccc(OC(=O)[C@@H]([NH3+])C(C)C)c(OC)c2)ccc1OC(=O)[C@@H]([NH3+])C(C)C.[Cl-].[Cl-]. The molecule has 0 aromatic heterocycles. The van der Waals surface area contributed by atoms with E-state index >= 15 is 0 Å². The standard InChI is InChI=1S/C31H38N2O8.2ClH/c1-18(2)28(32)30(36)40-24-13-9-20(15-26(24)38-5)7-11-22(34)17-23(35)12-8-21-10-14-25(27(16-21)39-6)41-31(37)29(33)19(3)4;;/h7-16,18-19,28-29H,17,32-33H2,1-6H3;2*1H/b11-7+,12-8+;;/t28-,29-;;/m0../s1. The van der Waals surface area contributed by atoms with Crippen molar-refractivity contribution in [2.45, 2.75) is 46.2 Å². The summed E-state index contributed by atoms with van der Waals surface area (Å²) in [6.45, 7) is 7.51. The first-order valence-corrected chi connectivity index (χ1v) is 13.2. The van der Waals surface area contributed by atoms with E-state index in [2.05, 4.69) is 11.5 Å². The minimum absolute atomic E-state index is 0. The molecular formula is C31H40Cl2N2O8. The average Bonchev–Trinajstić information content (AvgIpc) is 2.94. The molecule has 0 unspecified atom stereocenters. The van der Waals surface area contributed by atoms with Crippen LogP contribution in [0.3, 0.4) is 0 Å². The van der Waals surface area contributed by atoms with Crippen LogP contribution in [0.4, 0.5) is 0 Å². The molecule has 0 aliphatic rings. The van der Waals surface area contributed by atoms with Gasteiger partial charge in [-0.05, 0) is 47.5 Å². The number of esters is 2. The van der Waals surface area contributed by atoms with Crippen molar-refractivity contribution < 1.29 is 74.4 Å². The number of carbonyl (C=O) groups excluding carboxylic acids is 4. The Balaban J connectivity index is 0.00000882. The molecule has 2 rings (SSSR count). The van der Waals surface area contributed by atoms with Gasteiger partial charge in [-0.3, -0.25) is 9.59 Å². The van der Waals surface area contributed by atoms with Gasteiger partial charge in [0, 0.05) is 11.8 Å². The Morgan fingerprint density at radius 3 is 1.30 bits per heavy atom. The molecule has 2 aromatic carbocycles. The Labute approximate surface area is 264 Å². The summed E-state index contributed by atoms with van der Waals surface area (Å²) in [4.78, 5) is 49.2. The molecule has 0 aliphatic heterocycles. The lowest BCUT2D eigenvalue weighted by atomic mass is 10.1. The molecule has 236 valence electrons. The highest BCUT2D eigenvalue weighted by Gasteiger charge is 2.25. The van der Waals surface area contributed by atoms with Crippen molar-refractivity contribution in [1.82, 2.24) is 0 Å². The van der Waals surface area contributed by atoms with Gasteiger partial charge in [0.05, 0.1) is 20.6 Å². The predicted octanol–water partition coefficient (Wildman–Crippen LogP) is -3.69. The molecule has 0 fully saturated rings. The Morgan fingerprint density at radius 2 is 1.00 bits per heavy atom. The molecule has 2 atom stereocenters. The van der Waals surface area contributed by atoms with Gasteiger partial charge < -0.3 is 55.2 Å². The number of ketones is 2. The van der Waals surface area contributed by atoms with Crippen LogP contribution in [0, 0.1) is 11.8 Å². The van der Waals surface area contributed by atoms with E-state index in [1.807, 2.05) is 27.7 Å². The molecule has 6 N–H and O–H groups in total. The van der Waals surface area contributed by atoms with Crippen LogP contribution >= 0.6 is 0 Å². The molecule has 10 nitrogen and oxygen atoms in total. The Hall–Kier alpha value is -3.70. The first-order chi connectivity index (χ1) is 19.4. The van der Waals surface area contributed by atoms with E-state index in [-0.39, 0.29) is 54.6 Å². The fraction of sp³-hybridized carbons (Fsp3) is 0.355. The van der Waals surface area contributed by atoms with Gasteiger partial charge in [0.15, 0.2) is 46.6 Å². The summed E-state index contributed by atoms with van der Waals surface area (Å²) in [5.74, 6) is -0.509. The van der Waals surface area contributed by atoms with Gasteiger partial charge in [-0.1, -0.05) is 52.0 Å². The largest absolute Gasteiger partial charge is 1.00 e. The second-order valence-corrected chi connectivity index (χ2v) is 10.1. The van der Waals surface area contributed by atoms with Crippen LogP contribution in [0.15, 0.2) is 48.6 Å². The monoisotopic (exact) mass is 638 g/mol. The van der Waals surface area contributed by atoms with E-state index < -0.39 is 35.6 Å². The van der Waals surface area contributed by atoms with Crippen molar-refractivity contribution in [2.75, 3.05) is 14.2 Å². The van der Waals surface area contributed by atoms with Crippen LogP contribution in [-0.2, 0) is 19.2 Å². The van der Waals surface area contributed by atoms with Crippen LogP contribution in [0.25, 0.3) is 12.2 Å². The number of halogens is 2. The summed E-state index contributed by atoms with van der Waals surface area (Å²) in [6.07, 6.45) is 5.37. The zero-order chi connectivity index (χ0) is 30.7. The molecule has 0 saturated heterocycles. The van der Waals surface area contributed by atoms with Crippen molar-refractivity contribution in [3.63, 3.8) is 0 Å². The number of hydrogen-bond acceptors (Lipinski definition) is 8. The van der Waals surface area contributed by atoms with E-state index in [9.17, 15) is 19.2 Å². The number of carbonyl (C=O) groups is 4. The van der Waals surface area contributed by atoms with Crippen molar-refractivity contribution in [1.29, 1.82) is 0 Å². The van der Waals surface area contributed by atoms with Crippen molar-refractivity contribution in [3.8, 4) is 23.0 Å². The van der Waals surface area contributed by atoms with Gasteiger partial charge in [-0.15, -0.1) is 0 Å². The lowest BCUT2D eigenvalue weighted by molar-refractivity contribution is -0.417. The molecule has 0 amide bonds. The summed E-state index contributed by atoms with van der Waals surface area (Å²) in [5.41, 5.74) is 8.89. The topological polar surface area (TPSA) is 160 Å². The van der Waals surface area contributed by atoms with Gasteiger partial charge in [0.25, 0.3) is 0 Å². The Morgan fingerprint density at radius 1 is 0.651 bits per heavy atom. The highest BCUT2D eigenvalue weighted by Crippen LogP contribution is 2.30. The Kier molecular flexibility index (Phi) is 17.1. The summed E-state index contributed by atoms with van der Waals surface area (Å²) in [5, 5.41) is 0. The van der Waals surface area contributed by atoms with Crippen molar-refractivity contribution in [2.24, 2.45) is 11.8 Å². The number of rotatable bonds is 14. The maximum Gasteiger partial charge on any atom is 0.370 e. The smallest absolute Gasteiger partial charge is 0.370 e. The number of hydrogen-bond donors (Lipinski definition) is 2. The lowest BCUT2D eigenvalue weighted by Gasteiger charge is -2.13. The number of benzene rings is 2. The average molecular weight is 640 g/mol. The summed E-state index contributed by atoms with van der Waals surface area (Å²) < 4.78 is 21.5. The van der Waals surface area contributed by atoms with E-state index in [4.69, 9.17) is 18.9 Å². The van der Waals surface area contributed by atoms with Gasteiger partial charge in [0.1, 0.15) is 0 Å². The minimum atomic E-state index is -0.522. The molecule has 43 heavy (non-hydrogen) atoms. The van der Waals surface area contributed by atoms with Crippen LogP contribution in [0.5, 0.6) is 23.0 Å². The first-order valence-electron chi connectivity index (χ1n) is 13.2. The second kappa shape index (κ2) is 18.8. The van der Waals surface area contributed by atoms with Crippen molar-refractivity contribution in [3.05, 3.63) is 59.7 Å². The third kappa shape index (κ3) is 12.2. The van der Waals surface area contributed by atoms with E-state index in [1.54, 1.807) is 48.6 Å². The third-order valence-corrected chi connectivity index (χ3v) is 6.28. The molecule has 0 spiro atoms. The molecule has 0 bridgehead atoms. The Bertz CT molecular complexity index is 1230. The molecule has 0 saturated carbocycles. The maximum atomic E-state index is 12.4. The lowest BCUT2D eigenvalue weighted by Crippen LogP contribution is -3.00. The summed E-state index contributed by atoms with van der Waals surface area (Å²) in [7, 11) is 2.89. The van der Waals surface area contributed by atoms with Crippen molar-refractivity contribution >= 4 is 35.7 Å². The van der Waals surface area contributed by atoms with Crippen LogP contribution in [0.1, 0.15) is 45.2 Å². The van der Waals surface area contributed by atoms with Gasteiger partial charge in [-0.25, -0.2) is 9.59 Å². The fourth-order valence-electron chi connectivity index (χ4n) is 3.32. The number of ether oxygens (including phenoxy) is 4. The van der Waals surface area contributed by atoms with Gasteiger partial charge in [-0.2, -0.15) is 0 Å². The second-order valence-electron chi connectivity index (χ2n) is 10.1. The van der Waals surface area contributed by atoms with Crippen LogP contribution in [0.2, 0.25) is 0 Å². The molecule has 12 heteroatoms. The molecule has 0 heterocycles. The fourth-order valence-corrected chi connectivity index (χ4v) is 3.32. The zero-order valence-corrected chi connectivity index (χ0v) is 26.7. The van der Waals surface area contributed by atoms with E-state index in [1.165, 1.54) is 26.4 Å². The van der Waals surface area contributed by atoms with Gasteiger partial charge >= 0.3 is 11.9 Å². The summed E-state index contributed by atoms with van der Waals surface area (Å²) in [6, 6.07) is 8.67. The molecule has 0 radical (unpaired) electrons. The van der Waals surface area contributed by atoms with Crippen LogP contribution < -0.4 is 55.2 Å². The number of quaternary nitrogens is 2. The third-order valence-electron chi connectivity index (χ3n) is 6.28. The minimum Gasteiger partial charge on any atom is -1.00 e. The molecular weight excluding hydrogens is 599 g/mol. The highest BCUT2D eigenvalue weighted by molar-refractivity contribution is 6.10. The highest BCUT2D eigenvalue weighted by atomic mass is 35.5. The van der Waals surface area contributed by atoms with E-state index in [0.29, 0.717) is 22.6 Å². The summed E-state index contributed by atoms with van der Waals surface area (Å²) >= 11 is 0.